The van der Waals surface area contributed by atoms with Crippen LogP contribution >= 0.6 is 0 Å². The van der Waals surface area contributed by atoms with E-state index in [-0.39, 0.29) is 16.7 Å². The molecule has 3 aliphatic rings. The number of hydrogen-bond donors (Lipinski definition) is 4. The number of benzene rings is 3. The van der Waals surface area contributed by atoms with E-state index in [9.17, 15) is 24.9 Å². The molecule has 2 bridgehead atoms. The Morgan fingerprint density at radius 3 is 2.03 bits per heavy atom. The third kappa shape index (κ3) is 2.83. The van der Waals surface area contributed by atoms with Crippen molar-refractivity contribution in [1.82, 2.24) is 0 Å². The smallest absolute Gasteiger partial charge is 0.311 e. The van der Waals surface area contributed by atoms with Gasteiger partial charge in [-0.15, -0.1) is 0 Å². The van der Waals surface area contributed by atoms with Gasteiger partial charge in [0.2, 0.25) is 5.91 Å². The number of nitrogens with one attached hydrogen (secondary N) is 1. The van der Waals surface area contributed by atoms with Crippen molar-refractivity contribution in [3.05, 3.63) is 95.1 Å². The van der Waals surface area contributed by atoms with Crippen LogP contribution in [0.4, 0.5) is 5.69 Å². The number of para-hydroxylation sites is 1. The lowest BCUT2D eigenvalue weighted by molar-refractivity contribution is -0.178. The number of aliphatic carboxylic acids is 1. The molecule has 1 amide bonds. The molecule has 0 radical (unpaired) electrons. The van der Waals surface area contributed by atoms with Crippen molar-refractivity contribution >= 4 is 17.6 Å². The molecule has 33 heavy (non-hydrogen) atoms. The number of hydrogen-bond acceptors (Lipinski definition) is 5. The highest BCUT2D eigenvalue weighted by atomic mass is 16.5. The molecular formula is C26H23NO6. The number of carboxylic acid groups (broad SMARTS) is 1. The Kier molecular flexibility index (Phi) is 4.77. The lowest BCUT2D eigenvalue weighted by Gasteiger charge is -2.57. The van der Waals surface area contributed by atoms with E-state index in [0.29, 0.717) is 23.6 Å². The molecule has 3 aliphatic carbocycles. The van der Waals surface area contributed by atoms with Crippen molar-refractivity contribution in [3.63, 3.8) is 0 Å². The summed E-state index contributed by atoms with van der Waals surface area (Å²) in [6.45, 7) is 2.19. The molecule has 3 aromatic rings. The SMILES string of the molecule is CCOc1ccc2c(c1)C1(O)c3ccccc3C2(O)C(C(=O)Nc2ccccc2)C1C(=O)O. The number of aliphatic hydroxyl groups is 2. The molecule has 4 atom stereocenters. The van der Waals surface area contributed by atoms with Gasteiger partial charge in [-0.1, -0.05) is 48.5 Å². The minimum absolute atomic E-state index is 0.228. The lowest BCUT2D eigenvalue weighted by atomic mass is 9.49. The van der Waals surface area contributed by atoms with Crippen LogP contribution in [-0.4, -0.2) is 33.8 Å². The number of anilines is 1. The molecule has 4 N–H and O–H groups in total. The lowest BCUT2D eigenvalue weighted by Crippen LogP contribution is -2.65. The van der Waals surface area contributed by atoms with Crippen LogP contribution < -0.4 is 10.1 Å². The van der Waals surface area contributed by atoms with Crippen LogP contribution in [0.3, 0.4) is 0 Å². The molecule has 0 aliphatic heterocycles. The fourth-order valence-corrected chi connectivity index (χ4v) is 5.42. The summed E-state index contributed by atoms with van der Waals surface area (Å²) in [5, 5.41) is 37.3. The minimum atomic E-state index is -2.05. The first-order valence-electron chi connectivity index (χ1n) is 10.7. The van der Waals surface area contributed by atoms with Gasteiger partial charge < -0.3 is 25.4 Å². The molecular weight excluding hydrogens is 422 g/mol. The van der Waals surface area contributed by atoms with Gasteiger partial charge in [0, 0.05) is 5.69 Å². The summed E-state index contributed by atoms with van der Waals surface area (Å²) >= 11 is 0. The van der Waals surface area contributed by atoms with E-state index in [2.05, 4.69) is 5.32 Å². The first kappa shape index (κ1) is 21.2. The summed E-state index contributed by atoms with van der Waals surface area (Å²) in [6.07, 6.45) is 0. The van der Waals surface area contributed by atoms with E-state index in [1.165, 1.54) is 0 Å². The monoisotopic (exact) mass is 445 g/mol. The third-order valence-corrected chi connectivity index (χ3v) is 6.69. The maximum Gasteiger partial charge on any atom is 0.311 e. The molecule has 168 valence electrons. The third-order valence-electron chi connectivity index (χ3n) is 6.69. The number of ether oxygens (including phenoxy) is 1. The Morgan fingerprint density at radius 1 is 0.848 bits per heavy atom. The molecule has 0 saturated carbocycles. The molecule has 7 heteroatoms. The Morgan fingerprint density at radius 2 is 1.42 bits per heavy atom. The zero-order valence-corrected chi connectivity index (χ0v) is 17.9. The number of carbonyl (C=O) groups is 2. The van der Waals surface area contributed by atoms with E-state index in [1.807, 2.05) is 6.92 Å². The number of rotatable bonds is 5. The van der Waals surface area contributed by atoms with E-state index in [1.54, 1.807) is 72.8 Å². The zero-order chi connectivity index (χ0) is 23.4. The molecule has 0 spiro atoms. The first-order valence-corrected chi connectivity index (χ1v) is 10.7. The molecule has 3 aromatic carbocycles. The standard InChI is InChI=1S/C26H23NO6/c1-2-33-16-12-13-19-20(14-16)26(32)18-11-7-6-10-17(18)25(19,31)21(22(26)24(29)30)23(28)27-15-8-4-3-5-9-15/h3-14,21-22,31-32H,2H2,1H3,(H,27,28)(H,29,30). The van der Waals surface area contributed by atoms with Gasteiger partial charge in [-0.2, -0.15) is 0 Å². The maximum atomic E-state index is 13.5. The number of carboxylic acids is 1. The average Bonchev–Trinajstić information content (AvgIpc) is 2.81. The van der Waals surface area contributed by atoms with Gasteiger partial charge >= 0.3 is 5.97 Å². The topological polar surface area (TPSA) is 116 Å². The Balaban J connectivity index is 1.77. The van der Waals surface area contributed by atoms with Gasteiger partial charge in [-0.3, -0.25) is 9.59 Å². The van der Waals surface area contributed by atoms with E-state index >= 15 is 0 Å². The van der Waals surface area contributed by atoms with Crippen molar-refractivity contribution in [2.24, 2.45) is 11.8 Å². The Hall–Kier alpha value is -3.68. The predicted molar refractivity (Wildman–Crippen MR) is 120 cm³/mol. The summed E-state index contributed by atoms with van der Waals surface area (Å²) in [5.41, 5.74) is -2.45. The van der Waals surface area contributed by atoms with E-state index < -0.39 is 34.9 Å². The van der Waals surface area contributed by atoms with Gasteiger partial charge in [0.15, 0.2) is 0 Å². The molecule has 0 aromatic heterocycles. The van der Waals surface area contributed by atoms with Gasteiger partial charge in [0.05, 0.1) is 12.5 Å². The Labute approximate surface area is 190 Å². The van der Waals surface area contributed by atoms with Crippen molar-refractivity contribution in [2.45, 2.75) is 18.1 Å². The van der Waals surface area contributed by atoms with Crippen molar-refractivity contribution in [3.8, 4) is 5.75 Å². The summed E-state index contributed by atoms with van der Waals surface area (Å²) in [7, 11) is 0. The predicted octanol–water partition coefficient (Wildman–Crippen LogP) is 2.84. The highest BCUT2D eigenvalue weighted by Crippen LogP contribution is 2.62. The summed E-state index contributed by atoms with van der Waals surface area (Å²) in [6, 6.07) is 20.0. The molecule has 0 heterocycles. The van der Waals surface area contributed by atoms with Gasteiger partial charge in [-0.05, 0) is 53.4 Å². The highest BCUT2D eigenvalue weighted by Gasteiger charge is 2.69. The van der Waals surface area contributed by atoms with Gasteiger partial charge in [0.25, 0.3) is 0 Å². The largest absolute Gasteiger partial charge is 0.494 e. The van der Waals surface area contributed by atoms with Gasteiger partial charge in [0.1, 0.15) is 22.9 Å². The van der Waals surface area contributed by atoms with Crippen LogP contribution in [0.25, 0.3) is 0 Å². The van der Waals surface area contributed by atoms with Crippen LogP contribution in [0.15, 0.2) is 72.8 Å². The number of fused-ring (bicyclic) bond motifs is 1. The van der Waals surface area contributed by atoms with Crippen LogP contribution in [-0.2, 0) is 20.8 Å². The summed E-state index contributed by atoms with van der Waals surface area (Å²) in [5.74, 6) is -4.76. The molecule has 0 fully saturated rings. The zero-order valence-electron chi connectivity index (χ0n) is 17.9. The second-order valence-corrected chi connectivity index (χ2v) is 8.37. The highest BCUT2D eigenvalue weighted by molar-refractivity contribution is 5.98. The number of amides is 1. The quantitative estimate of drug-likeness (QED) is 0.480. The summed E-state index contributed by atoms with van der Waals surface area (Å²) in [4.78, 5) is 26.1. The average molecular weight is 445 g/mol. The van der Waals surface area contributed by atoms with Crippen LogP contribution in [0, 0.1) is 11.8 Å². The minimum Gasteiger partial charge on any atom is -0.494 e. The number of carbonyl (C=O) groups excluding carboxylic acids is 1. The first-order chi connectivity index (χ1) is 15.8. The normalized spacial score (nSPS) is 26.8. The fourth-order valence-electron chi connectivity index (χ4n) is 5.42. The van der Waals surface area contributed by atoms with E-state index in [4.69, 9.17) is 4.74 Å². The van der Waals surface area contributed by atoms with Crippen molar-refractivity contribution in [2.75, 3.05) is 11.9 Å². The molecule has 6 rings (SSSR count). The second-order valence-electron chi connectivity index (χ2n) is 8.37. The van der Waals surface area contributed by atoms with Crippen molar-refractivity contribution < 1.29 is 29.6 Å². The van der Waals surface area contributed by atoms with Crippen LogP contribution in [0.2, 0.25) is 0 Å². The second kappa shape index (κ2) is 7.43. The molecule has 0 saturated heterocycles. The van der Waals surface area contributed by atoms with E-state index in [0.717, 1.165) is 0 Å². The molecule has 7 nitrogen and oxygen atoms in total. The van der Waals surface area contributed by atoms with Crippen LogP contribution in [0.1, 0.15) is 29.2 Å². The van der Waals surface area contributed by atoms with Gasteiger partial charge in [-0.25, -0.2) is 0 Å². The molecule has 4 unspecified atom stereocenters. The summed E-state index contributed by atoms with van der Waals surface area (Å²) < 4.78 is 5.58. The van der Waals surface area contributed by atoms with Crippen molar-refractivity contribution in [1.29, 1.82) is 0 Å². The van der Waals surface area contributed by atoms with Crippen LogP contribution in [0.5, 0.6) is 5.75 Å². The Bertz CT molecular complexity index is 1260. The fraction of sp³-hybridized carbons (Fsp3) is 0.231. The maximum absolute atomic E-state index is 13.5.